The number of hydrogen-bond donors (Lipinski definition) is 0. The number of benzene rings is 2. The Labute approximate surface area is 175 Å². The molecule has 0 spiro atoms. The van der Waals surface area contributed by atoms with Gasteiger partial charge in [-0.25, -0.2) is 9.78 Å². The van der Waals surface area contributed by atoms with Crippen LogP contribution in [0.5, 0.6) is 0 Å². The highest BCUT2D eigenvalue weighted by Gasteiger charge is 2.26. The van der Waals surface area contributed by atoms with E-state index in [4.69, 9.17) is 4.98 Å². The summed E-state index contributed by atoms with van der Waals surface area (Å²) in [4.78, 5) is 24.6. The van der Waals surface area contributed by atoms with Crippen molar-refractivity contribution in [3.8, 4) is 10.6 Å². The zero-order valence-electron chi connectivity index (χ0n) is 16.5. The second-order valence-electron chi connectivity index (χ2n) is 7.61. The Kier molecular flexibility index (Phi) is 4.72. The third-order valence-electron chi connectivity index (χ3n) is 5.77. The monoisotopic (exact) mass is 404 g/mol. The zero-order valence-corrected chi connectivity index (χ0v) is 17.4. The smallest absolute Gasteiger partial charge is 0.324 e. The van der Waals surface area contributed by atoms with Crippen molar-refractivity contribution in [2.24, 2.45) is 0 Å². The molecule has 0 saturated carbocycles. The largest absolute Gasteiger partial charge is 0.371 e. The van der Waals surface area contributed by atoms with Crippen LogP contribution < -0.4 is 9.80 Å². The van der Waals surface area contributed by atoms with Crippen molar-refractivity contribution in [1.82, 2.24) is 9.88 Å². The predicted octanol–water partition coefficient (Wildman–Crippen LogP) is 4.29. The molecule has 6 heteroatoms. The maximum atomic E-state index is 12.2. The van der Waals surface area contributed by atoms with E-state index in [1.54, 1.807) is 4.90 Å². The maximum absolute atomic E-state index is 12.2. The van der Waals surface area contributed by atoms with E-state index in [0.717, 1.165) is 55.3 Å². The molecule has 0 N–H and O–H groups in total. The third-order valence-corrected chi connectivity index (χ3v) is 6.98. The molecule has 5 rings (SSSR count). The zero-order chi connectivity index (χ0) is 19.8. The van der Waals surface area contributed by atoms with Crippen LogP contribution >= 0.6 is 11.3 Å². The molecule has 5 nitrogen and oxygen atoms in total. The quantitative estimate of drug-likeness (QED) is 0.654. The number of hydrogen-bond acceptors (Lipinski definition) is 4. The molecule has 3 aromatic rings. The Morgan fingerprint density at radius 3 is 2.34 bits per heavy atom. The lowest BCUT2D eigenvalue weighted by Gasteiger charge is -2.22. The number of aromatic nitrogens is 1. The van der Waals surface area contributed by atoms with Gasteiger partial charge >= 0.3 is 6.03 Å². The molecular formula is C23H24N4OS. The van der Waals surface area contributed by atoms with Gasteiger partial charge < -0.3 is 9.80 Å². The topological polar surface area (TPSA) is 39.7 Å². The molecule has 0 radical (unpaired) electrons. The molecule has 2 aliphatic heterocycles. The second-order valence-corrected chi connectivity index (χ2v) is 8.70. The van der Waals surface area contributed by atoms with Crippen LogP contribution in [0.1, 0.15) is 10.6 Å². The first-order valence-electron chi connectivity index (χ1n) is 10.1. The third kappa shape index (κ3) is 3.49. The Morgan fingerprint density at radius 1 is 0.862 bits per heavy atom. The standard InChI is InChI=1S/C23H24N4OS/c1-25-15-16-27(23(25)28)19-9-7-17(8-10-19)22-24-20-11-13-26(14-12-21(20)29-22)18-5-3-2-4-6-18/h2-10H,11-16H2,1H3. The van der Waals surface area contributed by atoms with Crippen molar-refractivity contribution in [2.45, 2.75) is 12.8 Å². The Morgan fingerprint density at radius 2 is 1.62 bits per heavy atom. The van der Waals surface area contributed by atoms with Crippen molar-refractivity contribution in [3.63, 3.8) is 0 Å². The van der Waals surface area contributed by atoms with E-state index in [1.807, 2.05) is 35.4 Å². The molecule has 1 saturated heterocycles. The van der Waals surface area contributed by atoms with Gasteiger partial charge in [0, 0.05) is 67.9 Å². The molecule has 2 aromatic carbocycles. The van der Waals surface area contributed by atoms with Crippen LogP contribution in [0, 0.1) is 0 Å². The number of rotatable bonds is 3. The van der Waals surface area contributed by atoms with Gasteiger partial charge in [-0.3, -0.25) is 4.90 Å². The number of amides is 2. The lowest BCUT2D eigenvalue weighted by Crippen LogP contribution is -2.29. The van der Waals surface area contributed by atoms with Gasteiger partial charge in [-0.1, -0.05) is 18.2 Å². The highest BCUT2D eigenvalue weighted by Crippen LogP contribution is 2.32. The van der Waals surface area contributed by atoms with Gasteiger partial charge in [0.2, 0.25) is 0 Å². The first-order valence-corrected chi connectivity index (χ1v) is 10.9. The molecule has 0 bridgehead atoms. The molecule has 0 atom stereocenters. The van der Waals surface area contributed by atoms with E-state index in [9.17, 15) is 4.79 Å². The number of carbonyl (C=O) groups excluding carboxylic acids is 1. The molecule has 1 fully saturated rings. The summed E-state index contributed by atoms with van der Waals surface area (Å²) in [6, 6.07) is 19.0. The number of thiazole rings is 1. The van der Waals surface area contributed by atoms with Crippen LogP contribution in [0.25, 0.3) is 10.6 Å². The minimum Gasteiger partial charge on any atom is -0.371 e. The predicted molar refractivity (Wildman–Crippen MR) is 119 cm³/mol. The summed E-state index contributed by atoms with van der Waals surface area (Å²) in [5.41, 5.74) is 4.62. The average molecular weight is 405 g/mol. The van der Waals surface area contributed by atoms with E-state index in [-0.39, 0.29) is 6.03 Å². The summed E-state index contributed by atoms with van der Waals surface area (Å²) in [5, 5.41) is 1.08. The Bertz CT molecular complexity index is 990. The fraction of sp³-hybridized carbons (Fsp3) is 0.304. The first-order chi connectivity index (χ1) is 14.2. The molecule has 29 heavy (non-hydrogen) atoms. The number of urea groups is 1. The summed E-state index contributed by atoms with van der Waals surface area (Å²) in [7, 11) is 1.85. The molecule has 2 amide bonds. The summed E-state index contributed by atoms with van der Waals surface area (Å²) >= 11 is 1.81. The van der Waals surface area contributed by atoms with Crippen LogP contribution in [-0.2, 0) is 12.8 Å². The van der Waals surface area contributed by atoms with Gasteiger partial charge in [-0.2, -0.15) is 0 Å². The summed E-state index contributed by atoms with van der Waals surface area (Å²) in [6.45, 7) is 3.56. The number of anilines is 2. The molecule has 3 heterocycles. The van der Waals surface area contributed by atoms with Crippen molar-refractivity contribution in [1.29, 1.82) is 0 Å². The number of carbonyl (C=O) groups is 1. The molecule has 2 aliphatic rings. The molecular weight excluding hydrogens is 380 g/mol. The van der Waals surface area contributed by atoms with Crippen LogP contribution in [0.2, 0.25) is 0 Å². The van der Waals surface area contributed by atoms with Gasteiger partial charge in [0.1, 0.15) is 5.01 Å². The number of fused-ring (bicyclic) bond motifs is 1. The summed E-state index contributed by atoms with van der Waals surface area (Å²) in [6.07, 6.45) is 2.02. The Balaban J connectivity index is 1.31. The summed E-state index contributed by atoms with van der Waals surface area (Å²) < 4.78 is 0. The highest BCUT2D eigenvalue weighted by atomic mass is 32.1. The van der Waals surface area contributed by atoms with Gasteiger partial charge in [-0.05, 0) is 36.4 Å². The van der Waals surface area contributed by atoms with Gasteiger partial charge in [-0.15, -0.1) is 11.3 Å². The van der Waals surface area contributed by atoms with Crippen LogP contribution in [-0.4, -0.2) is 49.1 Å². The van der Waals surface area contributed by atoms with Crippen molar-refractivity contribution in [2.75, 3.05) is 43.0 Å². The van der Waals surface area contributed by atoms with E-state index in [2.05, 4.69) is 47.4 Å². The van der Waals surface area contributed by atoms with E-state index < -0.39 is 0 Å². The maximum Gasteiger partial charge on any atom is 0.324 e. The molecule has 148 valence electrons. The first kappa shape index (κ1) is 18.2. The number of nitrogens with zero attached hydrogens (tertiary/aromatic N) is 4. The van der Waals surface area contributed by atoms with Gasteiger partial charge in [0.05, 0.1) is 5.69 Å². The molecule has 0 unspecified atom stereocenters. The van der Waals surface area contributed by atoms with Crippen molar-refractivity contribution in [3.05, 3.63) is 65.2 Å². The average Bonchev–Trinajstić information content (AvgIpc) is 3.26. The fourth-order valence-electron chi connectivity index (χ4n) is 4.05. The fourth-order valence-corrected chi connectivity index (χ4v) is 5.16. The minimum absolute atomic E-state index is 0.0710. The summed E-state index contributed by atoms with van der Waals surface area (Å²) in [5.74, 6) is 0. The number of likely N-dealkylation sites (N-methyl/N-ethyl adjacent to an activating group) is 1. The SMILES string of the molecule is CN1CCN(c2ccc(-c3nc4c(s3)CCN(c3ccccc3)CC4)cc2)C1=O. The molecule has 1 aromatic heterocycles. The lowest BCUT2D eigenvalue weighted by atomic mass is 10.2. The van der Waals surface area contributed by atoms with Gasteiger partial charge in [0.15, 0.2) is 0 Å². The van der Waals surface area contributed by atoms with Crippen LogP contribution in [0.4, 0.5) is 16.2 Å². The van der Waals surface area contributed by atoms with Crippen molar-refractivity contribution < 1.29 is 4.79 Å². The van der Waals surface area contributed by atoms with E-state index in [0.29, 0.717) is 0 Å². The normalized spacial score (nSPS) is 16.9. The number of para-hydroxylation sites is 1. The van der Waals surface area contributed by atoms with Crippen molar-refractivity contribution >= 4 is 28.7 Å². The van der Waals surface area contributed by atoms with Crippen LogP contribution in [0.3, 0.4) is 0 Å². The highest BCUT2D eigenvalue weighted by molar-refractivity contribution is 7.15. The lowest BCUT2D eigenvalue weighted by molar-refractivity contribution is 0.229. The Hall–Kier alpha value is -2.86. The molecule has 0 aliphatic carbocycles. The second kappa shape index (κ2) is 7.52. The van der Waals surface area contributed by atoms with E-state index >= 15 is 0 Å². The minimum atomic E-state index is 0.0710. The van der Waals surface area contributed by atoms with E-state index in [1.165, 1.54) is 16.3 Å². The van der Waals surface area contributed by atoms with Gasteiger partial charge in [0.25, 0.3) is 0 Å². The van der Waals surface area contributed by atoms with Crippen LogP contribution in [0.15, 0.2) is 54.6 Å².